The topological polar surface area (TPSA) is 78.2 Å². The van der Waals surface area contributed by atoms with E-state index in [1.54, 1.807) is 43.2 Å². The predicted molar refractivity (Wildman–Crippen MR) is 122 cm³/mol. The molecule has 2 heterocycles. The second kappa shape index (κ2) is 8.85. The quantitative estimate of drug-likeness (QED) is 0.523. The van der Waals surface area contributed by atoms with Gasteiger partial charge in [0.2, 0.25) is 0 Å². The van der Waals surface area contributed by atoms with Crippen molar-refractivity contribution >= 4 is 35.1 Å². The zero-order valence-electron chi connectivity index (χ0n) is 17.0. The number of benzene rings is 2. The normalized spacial score (nSPS) is 12.2. The highest BCUT2D eigenvalue weighted by Gasteiger charge is 2.07. The second-order valence-corrected chi connectivity index (χ2v) is 7.76. The van der Waals surface area contributed by atoms with Gasteiger partial charge in [0.1, 0.15) is 10.4 Å². The van der Waals surface area contributed by atoms with Gasteiger partial charge >= 0.3 is 0 Å². The van der Waals surface area contributed by atoms with E-state index in [0.29, 0.717) is 20.6 Å². The summed E-state index contributed by atoms with van der Waals surface area (Å²) in [5, 5.41) is 7.14. The third-order valence-electron chi connectivity index (χ3n) is 4.60. The van der Waals surface area contributed by atoms with Crippen LogP contribution in [0.15, 0.2) is 71.8 Å². The van der Waals surface area contributed by atoms with Crippen molar-refractivity contribution in [3.8, 4) is 11.4 Å². The first-order chi connectivity index (χ1) is 15.0. The summed E-state index contributed by atoms with van der Waals surface area (Å²) >= 11 is 1.25. The van der Waals surface area contributed by atoms with Gasteiger partial charge in [0.05, 0.1) is 29.2 Å². The highest BCUT2D eigenvalue weighted by molar-refractivity contribution is 7.07. The van der Waals surface area contributed by atoms with Crippen LogP contribution in [0.4, 0.5) is 5.69 Å². The van der Waals surface area contributed by atoms with Gasteiger partial charge in [-0.1, -0.05) is 30.3 Å². The van der Waals surface area contributed by atoms with Crippen LogP contribution in [0.1, 0.15) is 5.56 Å². The molecule has 0 spiro atoms. The molecule has 156 valence electrons. The number of para-hydroxylation sites is 3. The summed E-state index contributed by atoms with van der Waals surface area (Å²) in [5.41, 5.74) is 2.12. The molecule has 0 aliphatic carbocycles. The molecule has 0 saturated carbocycles. The van der Waals surface area contributed by atoms with Crippen LogP contribution in [0.5, 0.6) is 5.75 Å². The first-order valence-electron chi connectivity index (χ1n) is 9.48. The fraction of sp³-hybridized carbons (Fsp3) is 0.0870. The van der Waals surface area contributed by atoms with Crippen molar-refractivity contribution in [2.75, 3.05) is 12.4 Å². The van der Waals surface area contributed by atoms with E-state index < -0.39 is 0 Å². The Labute approximate surface area is 182 Å². The number of anilines is 1. The molecule has 0 aliphatic heterocycles. The Hall–Kier alpha value is -3.91. The standard InChI is InChI=1S/C23H20N4O3S/c1-26-22(13-21(28)25-18-10-6-7-11-19(18)30-2)31-20(23(26)29)12-16-14-24-27(15-16)17-8-4-3-5-9-17/h3-15H,1-2H3,(H,25,28)/b20-12-,22-13-. The molecule has 4 rings (SSSR count). The first kappa shape index (κ1) is 20.4. The van der Waals surface area contributed by atoms with Crippen LogP contribution < -0.4 is 24.8 Å². The maximum atomic E-state index is 12.7. The van der Waals surface area contributed by atoms with Crippen LogP contribution in [0.2, 0.25) is 0 Å². The molecule has 0 unspecified atom stereocenters. The molecule has 1 N–H and O–H groups in total. The van der Waals surface area contributed by atoms with Crippen LogP contribution in [-0.2, 0) is 11.8 Å². The van der Waals surface area contributed by atoms with Crippen molar-refractivity contribution in [3.63, 3.8) is 0 Å². The van der Waals surface area contributed by atoms with Crippen molar-refractivity contribution in [2.24, 2.45) is 7.05 Å². The monoisotopic (exact) mass is 432 g/mol. The van der Waals surface area contributed by atoms with Crippen LogP contribution in [0.25, 0.3) is 17.8 Å². The molecule has 0 bridgehead atoms. The van der Waals surface area contributed by atoms with E-state index in [4.69, 9.17) is 4.74 Å². The lowest BCUT2D eigenvalue weighted by Crippen LogP contribution is -2.29. The van der Waals surface area contributed by atoms with Gasteiger partial charge in [-0.3, -0.25) is 9.59 Å². The maximum absolute atomic E-state index is 12.7. The highest BCUT2D eigenvalue weighted by Crippen LogP contribution is 2.22. The minimum atomic E-state index is -0.343. The number of ether oxygens (including phenoxy) is 1. The number of hydrogen-bond donors (Lipinski definition) is 1. The highest BCUT2D eigenvalue weighted by atomic mass is 32.1. The van der Waals surface area contributed by atoms with Crippen molar-refractivity contribution < 1.29 is 9.53 Å². The minimum Gasteiger partial charge on any atom is -0.495 e. The Morgan fingerprint density at radius 3 is 2.65 bits per heavy atom. The third-order valence-corrected chi connectivity index (χ3v) is 5.71. The molecule has 7 nitrogen and oxygen atoms in total. The molecular weight excluding hydrogens is 412 g/mol. The number of amides is 1. The number of rotatable bonds is 5. The van der Waals surface area contributed by atoms with Crippen molar-refractivity contribution in [1.82, 2.24) is 14.3 Å². The summed E-state index contributed by atoms with van der Waals surface area (Å²) in [5.74, 6) is 0.221. The number of nitrogens with one attached hydrogen (secondary N) is 1. The van der Waals surface area contributed by atoms with Crippen molar-refractivity contribution in [2.45, 2.75) is 0 Å². The molecule has 1 amide bonds. The van der Waals surface area contributed by atoms with Crippen LogP contribution >= 0.6 is 11.3 Å². The van der Waals surface area contributed by atoms with Gasteiger partial charge in [-0.2, -0.15) is 5.10 Å². The van der Waals surface area contributed by atoms with Gasteiger partial charge < -0.3 is 14.6 Å². The smallest absolute Gasteiger partial charge is 0.268 e. The summed E-state index contributed by atoms with van der Waals surface area (Å²) in [4.78, 5) is 25.1. The van der Waals surface area contributed by atoms with E-state index in [9.17, 15) is 9.59 Å². The largest absolute Gasteiger partial charge is 0.495 e. The maximum Gasteiger partial charge on any atom is 0.268 e. The summed E-state index contributed by atoms with van der Waals surface area (Å²) in [6.07, 6.45) is 6.73. The van der Waals surface area contributed by atoms with Gasteiger partial charge in [0.15, 0.2) is 0 Å². The average molecular weight is 433 g/mol. The number of nitrogens with zero attached hydrogens (tertiary/aromatic N) is 3. The zero-order chi connectivity index (χ0) is 21.8. The Morgan fingerprint density at radius 2 is 1.87 bits per heavy atom. The van der Waals surface area contributed by atoms with Crippen LogP contribution in [0, 0.1) is 0 Å². The van der Waals surface area contributed by atoms with Crippen LogP contribution in [-0.4, -0.2) is 27.4 Å². The van der Waals surface area contributed by atoms with E-state index in [1.807, 2.05) is 48.7 Å². The number of carbonyl (C=O) groups excluding carboxylic acids is 1. The molecule has 8 heteroatoms. The average Bonchev–Trinajstić information content (AvgIpc) is 3.36. The summed E-state index contributed by atoms with van der Waals surface area (Å²) < 4.78 is 9.52. The van der Waals surface area contributed by atoms with E-state index in [0.717, 1.165) is 11.3 Å². The fourth-order valence-corrected chi connectivity index (χ4v) is 4.05. The minimum absolute atomic E-state index is 0.172. The molecule has 0 fully saturated rings. The number of methoxy groups -OCH3 is 1. The van der Waals surface area contributed by atoms with E-state index >= 15 is 0 Å². The summed E-state index contributed by atoms with van der Waals surface area (Å²) in [7, 11) is 3.19. The lowest BCUT2D eigenvalue weighted by Gasteiger charge is -2.07. The number of hydrogen-bond acceptors (Lipinski definition) is 5. The zero-order valence-corrected chi connectivity index (χ0v) is 17.8. The van der Waals surface area contributed by atoms with Gasteiger partial charge in [-0.15, -0.1) is 11.3 Å². The Bertz CT molecular complexity index is 1400. The molecule has 2 aromatic heterocycles. The van der Waals surface area contributed by atoms with E-state index in [1.165, 1.54) is 22.0 Å². The molecule has 0 saturated heterocycles. The second-order valence-electron chi connectivity index (χ2n) is 6.70. The third kappa shape index (κ3) is 4.49. The lowest BCUT2D eigenvalue weighted by atomic mass is 10.3. The van der Waals surface area contributed by atoms with Gasteiger partial charge in [0.25, 0.3) is 11.5 Å². The SMILES string of the molecule is COc1ccccc1NC(=O)/C=c1\s/c(=C\c2cnn(-c3ccccc3)c2)c(=O)n1C. The van der Waals surface area contributed by atoms with E-state index in [-0.39, 0.29) is 11.5 Å². The summed E-state index contributed by atoms with van der Waals surface area (Å²) in [6, 6.07) is 16.9. The number of carbonyl (C=O) groups is 1. The lowest BCUT2D eigenvalue weighted by molar-refractivity contribution is -0.110. The van der Waals surface area contributed by atoms with Crippen molar-refractivity contribution in [3.05, 3.63) is 92.1 Å². The molecule has 4 aromatic rings. The molecule has 31 heavy (non-hydrogen) atoms. The molecule has 0 radical (unpaired) electrons. The predicted octanol–water partition coefficient (Wildman–Crippen LogP) is 1.89. The van der Waals surface area contributed by atoms with Gasteiger partial charge in [0, 0.05) is 24.9 Å². The van der Waals surface area contributed by atoms with Gasteiger partial charge in [-0.25, -0.2) is 4.68 Å². The fourth-order valence-electron chi connectivity index (χ4n) is 3.02. The Balaban J connectivity index is 1.63. The molecule has 2 aromatic carbocycles. The Morgan fingerprint density at radius 1 is 1.13 bits per heavy atom. The number of aromatic nitrogens is 3. The van der Waals surface area contributed by atoms with E-state index in [2.05, 4.69) is 10.4 Å². The summed E-state index contributed by atoms with van der Waals surface area (Å²) in [6.45, 7) is 0. The first-order valence-corrected chi connectivity index (χ1v) is 10.3. The molecule has 0 aliphatic rings. The van der Waals surface area contributed by atoms with Crippen molar-refractivity contribution in [1.29, 1.82) is 0 Å². The molecule has 0 atom stereocenters. The Kier molecular flexibility index (Phi) is 5.81. The van der Waals surface area contributed by atoms with Gasteiger partial charge in [-0.05, 0) is 30.3 Å². The molecular formula is C23H20N4O3S. The van der Waals surface area contributed by atoms with Crippen LogP contribution in [0.3, 0.4) is 0 Å². The number of thiazole rings is 1.